The van der Waals surface area contributed by atoms with E-state index in [4.69, 9.17) is 22.6 Å². The molecule has 1 rings (SSSR count). The van der Waals surface area contributed by atoms with E-state index in [0.717, 1.165) is 8.20 Å². The third kappa shape index (κ3) is 1.03. The van der Waals surface area contributed by atoms with Crippen molar-refractivity contribution in [3.8, 4) is 0 Å². The van der Waals surface area contributed by atoms with Crippen LogP contribution in [0.3, 0.4) is 0 Å². The van der Waals surface area contributed by atoms with Crippen molar-refractivity contribution in [2.24, 2.45) is 17.2 Å². The zero-order valence-corrected chi connectivity index (χ0v) is 6.28. The Kier molecular flexibility index (Phi) is 1.74. The lowest BCUT2D eigenvalue weighted by Crippen LogP contribution is -2.30. The van der Waals surface area contributed by atoms with E-state index in [2.05, 4.69) is 0 Å². The zero-order valence-electron chi connectivity index (χ0n) is 5.39. The molecular weight excluding hydrogens is 147 g/mol. The van der Waals surface area contributed by atoms with Crippen LogP contribution < -0.4 is 17.2 Å². The molecule has 0 aromatic carbocycles. The summed E-state index contributed by atoms with van der Waals surface area (Å²) < 4.78 is 0. The third-order valence-corrected chi connectivity index (χ3v) is 2.35. The van der Waals surface area contributed by atoms with Crippen LogP contribution >= 0.6 is 8.20 Å². The molecule has 0 fully saturated rings. The first-order chi connectivity index (χ1) is 4.63. The van der Waals surface area contributed by atoms with Gasteiger partial charge in [0.2, 0.25) is 0 Å². The Morgan fingerprint density at radius 3 is 2.30 bits per heavy atom. The average molecular weight is 156 g/mol. The highest BCUT2D eigenvalue weighted by Gasteiger charge is 2.12. The first kappa shape index (κ1) is 7.25. The fraction of sp³-hybridized carbons (Fsp3) is 0.200. The summed E-state index contributed by atoms with van der Waals surface area (Å²) in [7, 11) is 0.887. The van der Waals surface area contributed by atoms with Crippen LogP contribution in [0.15, 0.2) is 11.4 Å². The van der Waals surface area contributed by atoms with E-state index in [0.29, 0.717) is 28.7 Å². The van der Waals surface area contributed by atoms with E-state index >= 15 is 0 Å². The Bertz CT molecular complexity index is 236. The van der Waals surface area contributed by atoms with Gasteiger partial charge in [-0.3, -0.25) is 5.73 Å². The van der Waals surface area contributed by atoms with Gasteiger partial charge < -0.3 is 16.9 Å². The van der Waals surface area contributed by atoms with Crippen molar-refractivity contribution in [1.82, 2.24) is 0 Å². The van der Waals surface area contributed by atoms with E-state index in [1.165, 1.54) is 0 Å². The highest BCUT2D eigenvalue weighted by Crippen LogP contribution is 2.11. The standard InChI is InChI=1S/C5H9N4P/c6-2-1-10-5(9)4(8)3(2)7/h6H,1,7-9H2. The van der Waals surface area contributed by atoms with Crippen molar-refractivity contribution in [2.75, 3.05) is 6.16 Å². The van der Waals surface area contributed by atoms with Gasteiger partial charge in [0.25, 0.3) is 0 Å². The maximum Gasteiger partial charge on any atom is 0.0791 e. The quantitative estimate of drug-likeness (QED) is 0.345. The molecule has 0 amide bonds. The summed E-state index contributed by atoms with van der Waals surface area (Å²) in [5, 5.41) is 7.28. The summed E-state index contributed by atoms with van der Waals surface area (Å²) >= 11 is 0. The Hall–Kier alpha value is -0.860. The highest BCUT2D eigenvalue weighted by atomic mass is 31.1. The van der Waals surface area contributed by atoms with Gasteiger partial charge in [0.1, 0.15) is 0 Å². The van der Waals surface area contributed by atoms with E-state index in [9.17, 15) is 0 Å². The van der Waals surface area contributed by atoms with Crippen LogP contribution in [-0.2, 0) is 0 Å². The van der Waals surface area contributed by atoms with Crippen molar-refractivity contribution in [3.63, 3.8) is 0 Å². The van der Waals surface area contributed by atoms with Crippen molar-refractivity contribution < 1.29 is 0 Å². The van der Waals surface area contributed by atoms with Crippen molar-refractivity contribution >= 4 is 19.3 Å². The second-order valence-corrected chi connectivity index (χ2v) is 3.12. The van der Waals surface area contributed by atoms with Gasteiger partial charge in [-0.05, 0) is 0 Å². The Labute approximate surface area is 60.4 Å². The molecule has 1 aliphatic heterocycles. The van der Waals surface area contributed by atoms with Crippen LogP contribution in [-0.4, -0.2) is 17.3 Å². The van der Waals surface area contributed by atoms with Crippen LogP contribution in [0.4, 0.5) is 0 Å². The van der Waals surface area contributed by atoms with Crippen LogP contribution in [0.2, 0.25) is 0 Å². The molecule has 10 heavy (non-hydrogen) atoms. The lowest BCUT2D eigenvalue weighted by atomic mass is 10.2. The molecule has 1 heterocycles. The number of hydrogen-bond acceptors (Lipinski definition) is 4. The van der Waals surface area contributed by atoms with E-state index in [-0.39, 0.29) is 0 Å². The average Bonchev–Trinajstić information content (AvgIpc) is 1.93. The molecule has 0 bridgehead atoms. The Morgan fingerprint density at radius 1 is 1.20 bits per heavy atom. The molecule has 0 unspecified atom stereocenters. The van der Waals surface area contributed by atoms with Crippen LogP contribution in [0.5, 0.6) is 0 Å². The molecule has 7 N–H and O–H groups in total. The lowest BCUT2D eigenvalue weighted by molar-refractivity contribution is 1.29. The van der Waals surface area contributed by atoms with Gasteiger partial charge in [0.05, 0.1) is 22.5 Å². The maximum atomic E-state index is 7.28. The number of allylic oxidation sites excluding steroid dienone is 1. The molecule has 0 aliphatic carbocycles. The molecule has 1 aliphatic rings. The largest absolute Gasteiger partial charge is 0.396 e. The van der Waals surface area contributed by atoms with Crippen molar-refractivity contribution in [1.29, 1.82) is 5.41 Å². The summed E-state index contributed by atoms with van der Waals surface area (Å²) in [6, 6.07) is 0. The summed E-state index contributed by atoms with van der Waals surface area (Å²) in [5.74, 6) is 0. The van der Waals surface area contributed by atoms with Gasteiger partial charge in [0, 0.05) is 6.16 Å². The highest BCUT2D eigenvalue weighted by molar-refractivity contribution is 7.42. The Balaban J connectivity index is 3.06. The normalized spacial score (nSPS) is 20.9. The van der Waals surface area contributed by atoms with Crippen LogP contribution in [0.25, 0.3) is 0 Å². The minimum absolute atomic E-state index is 0.330. The summed E-state index contributed by atoms with van der Waals surface area (Å²) in [5.41, 5.74) is 18.0. The summed E-state index contributed by atoms with van der Waals surface area (Å²) in [6.45, 7) is 0. The SMILES string of the molecule is N=C1CP=C(N)C(N)=C1N. The minimum atomic E-state index is 0.330. The predicted molar refractivity (Wildman–Crippen MR) is 44.1 cm³/mol. The molecule has 0 atom stereocenters. The first-order valence-corrected chi connectivity index (χ1v) is 3.84. The first-order valence-electron chi connectivity index (χ1n) is 2.76. The molecule has 0 aromatic heterocycles. The van der Waals surface area contributed by atoms with Gasteiger partial charge in [-0.1, -0.05) is 8.20 Å². The monoisotopic (exact) mass is 156 g/mol. The minimum Gasteiger partial charge on any atom is -0.396 e. The third-order valence-electron chi connectivity index (χ3n) is 1.30. The predicted octanol–water partition coefficient (Wildman–Crippen LogP) is -0.816. The molecule has 0 spiro atoms. The van der Waals surface area contributed by atoms with Gasteiger partial charge in [-0.2, -0.15) is 0 Å². The summed E-state index contributed by atoms with van der Waals surface area (Å²) in [4.78, 5) is 0. The maximum absolute atomic E-state index is 7.28. The van der Waals surface area contributed by atoms with Gasteiger partial charge in [-0.15, -0.1) is 0 Å². The number of hydrogen-bond donors (Lipinski definition) is 4. The molecular formula is C5H9N4P. The lowest BCUT2D eigenvalue weighted by Gasteiger charge is -2.12. The summed E-state index contributed by atoms with van der Waals surface area (Å²) in [6.07, 6.45) is 0.582. The van der Waals surface area contributed by atoms with E-state index in [1.54, 1.807) is 0 Å². The number of nitrogens with one attached hydrogen (secondary N) is 1. The topological polar surface area (TPSA) is 102 Å². The molecule has 0 aromatic rings. The van der Waals surface area contributed by atoms with Gasteiger partial charge >= 0.3 is 0 Å². The smallest absolute Gasteiger partial charge is 0.0791 e. The zero-order chi connectivity index (χ0) is 7.72. The van der Waals surface area contributed by atoms with E-state index in [1.807, 2.05) is 0 Å². The molecule has 0 radical (unpaired) electrons. The van der Waals surface area contributed by atoms with E-state index < -0.39 is 0 Å². The molecule has 5 heteroatoms. The fourth-order valence-corrected chi connectivity index (χ4v) is 1.42. The fourth-order valence-electron chi connectivity index (χ4n) is 0.635. The number of rotatable bonds is 0. The van der Waals surface area contributed by atoms with Crippen LogP contribution in [0.1, 0.15) is 0 Å². The second kappa shape index (κ2) is 2.40. The van der Waals surface area contributed by atoms with Crippen LogP contribution in [0, 0.1) is 5.41 Å². The van der Waals surface area contributed by atoms with Crippen molar-refractivity contribution in [2.45, 2.75) is 0 Å². The molecule has 0 saturated carbocycles. The number of nitrogens with two attached hydrogens (primary N) is 3. The van der Waals surface area contributed by atoms with Gasteiger partial charge in [0.15, 0.2) is 0 Å². The van der Waals surface area contributed by atoms with Gasteiger partial charge in [-0.25, -0.2) is 0 Å². The van der Waals surface area contributed by atoms with Crippen molar-refractivity contribution in [3.05, 3.63) is 11.4 Å². The molecule has 4 nitrogen and oxygen atoms in total. The second-order valence-electron chi connectivity index (χ2n) is 2.01. The Morgan fingerprint density at radius 2 is 1.80 bits per heavy atom. The molecule has 0 saturated heterocycles. The molecule has 54 valence electrons.